The summed E-state index contributed by atoms with van der Waals surface area (Å²) in [5.74, 6) is 1.98. The Labute approximate surface area is 165 Å². The van der Waals surface area contributed by atoms with E-state index in [1.807, 2.05) is 0 Å². The van der Waals surface area contributed by atoms with E-state index < -0.39 is 0 Å². The summed E-state index contributed by atoms with van der Waals surface area (Å²) in [6.07, 6.45) is 14.8. The monoisotopic (exact) mass is 370 g/mol. The van der Waals surface area contributed by atoms with Crippen molar-refractivity contribution in [1.29, 1.82) is 0 Å². The van der Waals surface area contributed by atoms with E-state index >= 15 is 0 Å². The smallest absolute Gasteiger partial charge is 0.119 e. The molecule has 0 aromatic heterocycles. The topological polar surface area (TPSA) is 24.5 Å². The molecule has 0 radical (unpaired) electrons. The molecule has 2 heterocycles. The zero-order chi connectivity index (χ0) is 18.5. The van der Waals surface area contributed by atoms with Crippen LogP contribution in [0.4, 0.5) is 0 Å². The molecule has 0 bridgehead atoms. The second kappa shape index (κ2) is 9.43. The molecule has 2 fully saturated rings. The third-order valence-corrected chi connectivity index (χ3v) is 7.21. The van der Waals surface area contributed by atoms with Crippen molar-refractivity contribution < 1.29 is 4.74 Å². The Hall–Kier alpha value is -1.06. The van der Waals surface area contributed by atoms with Gasteiger partial charge in [0.2, 0.25) is 0 Å². The Morgan fingerprint density at radius 3 is 2.78 bits per heavy atom. The minimum Gasteiger partial charge on any atom is -0.494 e. The Kier molecular flexibility index (Phi) is 6.73. The van der Waals surface area contributed by atoms with Gasteiger partial charge in [-0.25, -0.2) is 0 Å². The number of ether oxygens (including phenoxy) is 1. The first kappa shape index (κ1) is 19.3. The quantitative estimate of drug-likeness (QED) is 0.754. The van der Waals surface area contributed by atoms with Crippen molar-refractivity contribution in [3.05, 3.63) is 29.3 Å². The van der Waals surface area contributed by atoms with Crippen molar-refractivity contribution >= 4 is 0 Å². The van der Waals surface area contributed by atoms with Crippen LogP contribution in [0.5, 0.6) is 5.75 Å². The third-order valence-electron chi connectivity index (χ3n) is 7.21. The molecular formula is C24H38N2O. The highest BCUT2D eigenvalue weighted by molar-refractivity contribution is 5.39. The second-order valence-electron chi connectivity index (χ2n) is 9.12. The fraction of sp³-hybridized carbons (Fsp3) is 0.750. The number of hydrogen-bond donors (Lipinski definition) is 1. The van der Waals surface area contributed by atoms with Gasteiger partial charge in [-0.3, -0.25) is 0 Å². The van der Waals surface area contributed by atoms with Crippen LogP contribution in [-0.4, -0.2) is 37.7 Å². The van der Waals surface area contributed by atoms with E-state index in [9.17, 15) is 0 Å². The number of hydrogen-bond acceptors (Lipinski definition) is 3. The molecule has 3 heteroatoms. The second-order valence-corrected chi connectivity index (χ2v) is 9.12. The van der Waals surface area contributed by atoms with Crippen LogP contribution in [0.2, 0.25) is 0 Å². The van der Waals surface area contributed by atoms with E-state index in [0.29, 0.717) is 12.1 Å². The molecule has 1 saturated heterocycles. The number of benzene rings is 1. The highest BCUT2D eigenvalue weighted by atomic mass is 16.5. The van der Waals surface area contributed by atoms with Gasteiger partial charge in [0.1, 0.15) is 5.75 Å². The molecule has 2 unspecified atom stereocenters. The lowest BCUT2D eigenvalue weighted by molar-refractivity contribution is 0.153. The minimum absolute atomic E-state index is 0.532. The van der Waals surface area contributed by atoms with Crippen LogP contribution in [0.15, 0.2) is 18.2 Å². The third kappa shape index (κ3) is 5.06. The van der Waals surface area contributed by atoms with E-state index in [1.54, 1.807) is 0 Å². The molecule has 2 atom stereocenters. The minimum atomic E-state index is 0.532. The fourth-order valence-electron chi connectivity index (χ4n) is 5.49. The first-order chi connectivity index (χ1) is 13.3. The zero-order valence-corrected chi connectivity index (χ0v) is 17.2. The summed E-state index contributed by atoms with van der Waals surface area (Å²) in [6, 6.07) is 8.11. The van der Waals surface area contributed by atoms with Crippen LogP contribution < -0.4 is 10.1 Å². The Balaban J connectivity index is 1.35. The molecule has 1 aromatic rings. The Morgan fingerprint density at radius 1 is 1.07 bits per heavy atom. The fourth-order valence-corrected chi connectivity index (χ4v) is 5.49. The van der Waals surface area contributed by atoms with Gasteiger partial charge in [-0.2, -0.15) is 0 Å². The van der Waals surface area contributed by atoms with E-state index in [2.05, 4.69) is 35.5 Å². The molecule has 150 valence electrons. The molecule has 0 spiro atoms. The first-order valence-electron chi connectivity index (χ1n) is 11.5. The van der Waals surface area contributed by atoms with Gasteiger partial charge in [0.25, 0.3) is 0 Å². The van der Waals surface area contributed by atoms with E-state index in [0.717, 1.165) is 37.7 Å². The largest absolute Gasteiger partial charge is 0.494 e. The van der Waals surface area contributed by atoms with Crippen molar-refractivity contribution in [2.45, 2.75) is 82.7 Å². The van der Waals surface area contributed by atoms with Gasteiger partial charge in [-0.05, 0) is 81.4 Å². The van der Waals surface area contributed by atoms with Gasteiger partial charge in [-0.15, -0.1) is 0 Å². The van der Waals surface area contributed by atoms with Gasteiger partial charge in [0, 0.05) is 12.1 Å². The maximum atomic E-state index is 6.21. The van der Waals surface area contributed by atoms with Crippen LogP contribution >= 0.6 is 0 Å². The summed E-state index contributed by atoms with van der Waals surface area (Å²) >= 11 is 0. The van der Waals surface area contributed by atoms with Gasteiger partial charge < -0.3 is 15.0 Å². The highest BCUT2D eigenvalue weighted by Gasteiger charge is 2.25. The summed E-state index contributed by atoms with van der Waals surface area (Å²) < 4.78 is 6.21. The molecule has 0 amide bonds. The molecule has 2 aliphatic heterocycles. The summed E-state index contributed by atoms with van der Waals surface area (Å²) in [4.78, 5) is 2.52. The van der Waals surface area contributed by atoms with Gasteiger partial charge >= 0.3 is 0 Å². The van der Waals surface area contributed by atoms with E-state index in [4.69, 9.17) is 4.74 Å². The average molecular weight is 371 g/mol. The molecule has 1 aliphatic carbocycles. The maximum absolute atomic E-state index is 6.21. The Morgan fingerprint density at radius 2 is 1.93 bits per heavy atom. The number of piperidine rings is 1. The summed E-state index contributed by atoms with van der Waals surface area (Å²) in [6.45, 7) is 3.21. The number of rotatable bonds is 6. The first-order valence-corrected chi connectivity index (χ1v) is 11.5. The lowest BCUT2D eigenvalue weighted by atomic mass is 9.81. The summed E-state index contributed by atoms with van der Waals surface area (Å²) in [5.41, 5.74) is 3.05. The SMILES string of the molecule is CN1CCCCC1CCOc1ccc2c(c1)C(CC1CCCCC1)NCC2. The number of fused-ring (bicyclic) bond motifs is 1. The molecule has 1 saturated carbocycles. The number of likely N-dealkylation sites (tertiary alicyclic amines) is 1. The van der Waals surface area contributed by atoms with Crippen molar-refractivity contribution in [2.75, 3.05) is 26.7 Å². The molecular weight excluding hydrogens is 332 g/mol. The maximum Gasteiger partial charge on any atom is 0.119 e. The van der Waals surface area contributed by atoms with Gasteiger partial charge in [0.05, 0.1) is 6.61 Å². The molecule has 27 heavy (non-hydrogen) atoms. The normalized spacial score (nSPS) is 27.3. The molecule has 3 aliphatic rings. The number of nitrogens with zero attached hydrogens (tertiary/aromatic N) is 1. The van der Waals surface area contributed by atoms with Crippen LogP contribution in [0.25, 0.3) is 0 Å². The lowest BCUT2D eigenvalue weighted by Crippen LogP contribution is -2.37. The predicted molar refractivity (Wildman–Crippen MR) is 112 cm³/mol. The molecule has 1 N–H and O–H groups in total. The van der Waals surface area contributed by atoms with E-state index in [-0.39, 0.29) is 0 Å². The van der Waals surface area contributed by atoms with Crippen molar-refractivity contribution in [3.63, 3.8) is 0 Å². The van der Waals surface area contributed by atoms with Crippen LogP contribution in [0.3, 0.4) is 0 Å². The van der Waals surface area contributed by atoms with Crippen LogP contribution in [0, 0.1) is 5.92 Å². The zero-order valence-electron chi connectivity index (χ0n) is 17.2. The van der Waals surface area contributed by atoms with Crippen LogP contribution in [-0.2, 0) is 6.42 Å². The number of nitrogens with one attached hydrogen (secondary N) is 1. The summed E-state index contributed by atoms with van der Waals surface area (Å²) in [5, 5.41) is 3.80. The standard InChI is InChI=1S/C24H38N2O/c1-26-15-6-5-9-21(26)13-16-27-22-11-10-20-12-14-25-24(23(20)18-22)17-19-7-3-2-4-8-19/h10-11,18-19,21,24-25H,2-9,12-17H2,1H3. The highest BCUT2D eigenvalue weighted by Crippen LogP contribution is 2.36. The molecule has 4 rings (SSSR count). The Bertz CT molecular complexity index is 596. The summed E-state index contributed by atoms with van der Waals surface area (Å²) in [7, 11) is 2.27. The van der Waals surface area contributed by atoms with Crippen molar-refractivity contribution in [1.82, 2.24) is 10.2 Å². The molecule has 1 aromatic carbocycles. The average Bonchev–Trinajstić information content (AvgIpc) is 2.71. The predicted octanol–water partition coefficient (Wildman–Crippen LogP) is 5.10. The van der Waals surface area contributed by atoms with Crippen LogP contribution in [0.1, 0.15) is 81.4 Å². The van der Waals surface area contributed by atoms with Crippen molar-refractivity contribution in [3.8, 4) is 5.75 Å². The van der Waals surface area contributed by atoms with E-state index in [1.165, 1.54) is 75.5 Å². The van der Waals surface area contributed by atoms with Gasteiger partial charge in [0.15, 0.2) is 0 Å². The lowest BCUT2D eigenvalue weighted by Gasteiger charge is -2.33. The molecule has 3 nitrogen and oxygen atoms in total. The van der Waals surface area contributed by atoms with Gasteiger partial charge in [-0.1, -0.05) is 44.6 Å². The van der Waals surface area contributed by atoms with Crippen molar-refractivity contribution in [2.24, 2.45) is 5.92 Å².